The first-order valence-corrected chi connectivity index (χ1v) is 9.58. The molecule has 1 amide bonds. The van der Waals surface area contributed by atoms with Crippen molar-refractivity contribution in [3.8, 4) is 0 Å². The molecule has 0 spiro atoms. The van der Waals surface area contributed by atoms with Gasteiger partial charge in [-0.15, -0.1) is 0 Å². The van der Waals surface area contributed by atoms with Gasteiger partial charge in [-0.25, -0.2) is 0 Å². The Kier molecular flexibility index (Phi) is 4.88. The van der Waals surface area contributed by atoms with Crippen molar-refractivity contribution in [3.63, 3.8) is 0 Å². The summed E-state index contributed by atoms with van der Waals surface area (Å²) in [5, 5.41) is 6.29. The number of hydrogen-bond donors (Lipinski definition) is 2. The van der Waals surface area contributed by atoms with Gasteiger partial charge in [0.2, 0.25) is 0 Å². The molecule has 0 aliphatic rings. The number of aromatic amines is 1. The van der Waals surface area contributed by atoms with E-state index in [-0.39, 0.29) is 5.91 Å². The smallest absolute Gasteiger partial charge is 0.256 e. The summed E-state index contributed by atoms with van der Waals surface area (Å²) in [6.45, 7) is 3.10. The molecular formula is C24H25N3O. The number of benzene rings is 3. The number of nitrogens with one attached hydrogen (secondary N) is 2. The van der Waals surface area contributed by atoms with E-state index in [0.717, 1.165) is 34.9 Å². The van der Waals surface area contributed by atoms with Crippen molar-refractivity contribution in [2.45, 2.75) is 13.3 Å². The first kappa shape index (κ1) is 18.3. The van der Waals surface area contributed by atoms with E-state index in [2.05, 4.69) is 42.3 Å². The number of rotatable bonds is 5. The third-order valence-corrected chi connectivity index (χ3v) is 5.22. The van der Waals surface area contributed by atoms with E-state index in [4.69, 9.17) is 0 Å². The molecule has 0 unspecified atom stereocenters. The number of carbonyl (C=O) groups excluding carboxylic acids is 1. The maximum absolute atomic E-state index is 12.9. The average Bonchev–Trinajstić information content (AvgIpc) is 3.00. The lowest BCUT2D eigenvalue weighted by Crippen LogP contribution is -2.15. The van der Waals surface area contributed by atoms with Gasteiger partial charge in [0.05, 0.1) is 0 Å². The monoisotopic (exact) mass is 371 g/mol. The van der Waals surface area contributed by atoms with E-state index in [9.17, 15) is 4.79 Å². The number of aryl methyl sites for hydroxylation is 1. The van der Waals surface area contributed by atoms with Crippen LogP contribution in [0.15, 0.2) is 60.7 Å². The lowest BCUT2D eigenvalue weighted by molar-refractivity contribution is 0.102. The molecule has 1 aromatic heterocycles. The van der Waals surface area contributed by atoms with Gasteiger partial charge >= 0.3 is 0 Å². The number of carbonyl (C=O) groups is 1. The van der Waals surface area contributed by atoms with Crippen LogP contribution >= 0.6 is 0 Å². The van der Waals surface area contributed by atoms with Crippen molar-refractivity contribution >= 4 is 33.3 Å². The average molecular weight is 371 g/mol. The minimum atomic E-state index is -0.0850. The van der Waals surface area contributed by atoms with Crippen LogP contribution in [0.4, 0.5) is 5.69 Å². The highest BCUT2D eigenvalue weighted by Crippen LogP contribution is 2.27. The van der Waals surface area contributed by atoms with Crippen LogP contribution in [0.3, 0.4) is 0 Å². The van der Waals surface area contributed by atoms with Gasteiger partial charge in [0, 0.05) is 34.4 Å². The fourth-order valence-electron chi connectivity index (χ4n) is 3.74. The van der Waals surface area contributed by atoms with Crippen LogP contribution < -0.4 is 5.32 Å². The van der Waals surface area contributed by atoms with Gasteiger partial charge in [0.25, 0.3) is 5.91 Å². The van der Waals surface area contributed by atoms with Crippen LogP contribution in [0.2, 0.25) is 0 Å². The quantitative estimate of drug-likeness (QED) is 0.519. The fraction of sp³-hybridized carbons (Fsp3) is 0.208. The van der Waals surface area contributed by atoms with Gasteiger partial charge in [0.1, 0.15) is 0 Å². The highest BCUT2D eigenvalue weighted by Gasteiger charge is 2.13. The van der Waals surface area contributed by atoms with E-state index in [0.29, 0.717) is 5.56 Å². The van der Waals surface area contributed by atoms with Crippen molar-refractivity contribution in [2.75, 3.05) is 26.0 Å². The Morgan fingerprint density at radius 3 is 2.61 bits per heavy atom. The zero-order chi connectivity index (χ0) is 19.7. The Balaban J connectivity index is 1.65. The maximum Gasteiger partial charge on any atom is 0.256 e. The molecule has 0 atom stereocenters. The molecule has 4 nitrogen and oxygen atoms in total. The number of likely N-dealkylation sites (N-methyl/N-ethyl adjacent to an activating group) is 1. The first-order chi connectivity index (χ1) is 13.5. The molecule has 1 heterocycles. The van der Waals surface area contributed by atoms with Gasteiger partial charge in [-0.1, -0.05) is 36.4 Å². The Hall–Kier alpha value is -3.11. The minimum absolute atomic E-state index is 0.0850. The standard InChI is InChI=1S/C24H25N3O/c1-16-19(13-14-27(2)3)22-15-18(11-12-23(22)25-16)26-24(28)21-10-6-8-17-7-4-5-9-20(17)21/h4-12,15,25H,13-14H2,1-3H3,(H,26,28). The van der Waals surface area contributed by atoms with Gasteiger partial charge in [-0.05, 0) is 68.0 Å². The van der Waals surface area contributed by atoms with Gasteiger partial charge in [0.15, 0.2) is 0 Å². The first-order valence-electron chi connectivity index (χ1n) is 9.58. The largest absolute Gasteiger partial charge is 0.358 e. The second-order valence-corrected chi connectivity index (χ2v) is 7.52. The van der Waals surface area contributed by atoms with Gasteiger partial charge in [-0.2, -0.15) is 0 Å². The molecule has 4 aromatic rings. The predicted molar refractivity (Wildman–Crippen MR) is 117 cm³/mol. The number of fused-ring (bicyclic) bond motifs is 2. The van der Waals surface area contributed by atoms with E-state index in [1.54, 1.807) is 0 Å². The third-order valence-electron chi connectivity index (χ3n) is 5.22. The fourth-order valence-corrected chi connectivity index (χ4v) is 3.74. The minimum Gasteiger partial charge on any atom is -0.358 e. The topological polar surface area (TPSA) is 48.1 Å². The second kappa shape index (κ2) is 7.49. The summed E-state index contributed by atoms with van der Waals surface area (Å²) < 4.78 is 0. The Bertz CT molecular complexity index is 1150. The summed E-state index contributed by atoms with van der Waals surface area (Å²) in [4.78, 5) is 18.6. The van der Waals surface area contributed by atoms with Gasteiger partial charge < -0.3 is 15.2 Å². The summed E-state index contributed by atoms with van der Waals surface area (Å²) in [7, 11) is 4.17. The number of aromatic nitrogens is 1. The van der Waals surface area contributed by atoms with Crippen LogP contribution in [-0.2, 0) is 6.42 Å². The molecule has 0 aliphatic carbocycles. The lowest BCUT2D eigenvalue weighted by Gasteiger charge is -2.10. The molecule has 3 aromatic carbocycles. The number of anilines is 1. The summed E-state index contributed by atoms with van der Waals surface area (Å²) in [6, 6.07) is 19.9. The number of H-pyrrole nitrogens is 1. The third kappa shape index (κ3) is 3.51. The summed E-state index contributed by atoms with van der Waals surface area (Å²) >= 11 is 0. The molecule has 0 saturated heterocycles. The van der Waals surface area contributed by atoms with Crippen molar-refractivity contribution in [1.82, 2.24) is 9.88 Å². The maximum atomic E-state index is 12.9. The Labute approximate surface area is 165 Å². The summed E-state index contributed by atoms with van der Waals surface area (Å²) in [6.07, 6.45) is 0.972. The molecule has 0 fully saturated rings. The second-order valence-electron chi connectivity index (χ2n) is 7.52. The molecule has 2 N–H and O–H groups in total. The van der Waals surface area contributed by atoms with Crippen LogP contribution in [0.5, 0.6) is 0 Å². The predicted octanol–water partition coefficient (Wildman–Crippen LogP) is 4.99. The highest BCUT2D eigenvalue weighted by atomic mass is 16.1. The van der Waals surface area contributed by atoms with Crippen LogP contribution in [-0.4, -0.2) is 36.4 Å². The number of hydrogen-bond acceptors (Lipinski definition) is 2. The Morgan fingerprint density at radius 2 is 1.79 bits per heavy atom. The molecule has 0 aliphatic heterocycles. The van der Waals surface area contributed by atoms with Crippen LogP contribution in [0.1, 0.15) is 21.6 Å². The number of nitrogens with zero attached hydrogens (tertiary/aromatic N) is 1. The van der Waals surface area contributed by atoms with Gasteiger partial charge in [-0.3, -0.25) is 4.79 Å². The molecule has 28 heavy (non-hydrogen) atoms. The van der Waals surface area contributed by atoms with Crippen LogP contribution in [0.25, 0.3) is 21.7 Å². The molecule has 0 saturated carbocycles. The zero-order valence-corrected chi connectivity index (χ0v) is 16.5. The number of amides is 1. The van der Waals surface area contributed by atoms with Crippen molar-refractivity contribution in [2.24, 2.45) is 0 Å². The molecule has 0 bridgehead atoms. The highest BCUT2D eigenvalue weighted by molar-refractivity contribution is 6.13. The summed E-state index contributed by atoms with van der Waals surface area (Å²) in [5.74, 6) is -0.0850. The normalized spacial score (nSPS) is 11.4. The zero-order valence-electron chi connectivity index (χ0n) is 16.5. The van der Waals surface area contributed by atoms with Crippen molar-refractivity contribution in [1.29, 1.82) is 0 Å². The Morgan fingerprint density at radius 1 is 1.00 bits per heavy atom. The van der Waals surface area contributed by atoms with Crippen LogP contribution in [0, 0.1) is 6.92 Å². The van der Waals surface area contributed by atoms with E-state index < -0.39 is 0 Å². The van der Waals surface area contributed by atoms with E-state index in [1.807, 2.05) is 54.6 Å². The van der Waals surface area contributed by atoms with E-state index in [1.165, 1.54) is 16.6 Å². The molecule has 0 radical (unpaired) electrons. The summed E-state index contributed by atoms with van der Waals surface area (Å²) in [5.41, 5.74) is 5.11. The molecule has 4 heteroatoms. The SMILES string of the molecule is Cc1[nH]c2ccc(NC(=O)c3cccc4ccccc34)cc2c1CCN(C)C. The van der Waals surface area contributed by atoms with E-state index >= 15 is 0 Å². The molecule has 4 rings (SSSR count). The van der Waals surface area contributed by atoms with Crippen molar-refractivity contribution in [3.05, 3.63) is 77.5 Å². The molecular weight excluding hydrogens is 346 g/mol. The van der Waals surface area contributed by atoms with Crippen molar-refractivity contribution < 1.29 is 4.79 Å². The molecule has 142 valence electrons. The lowest BCUT2D eigenvalue weighted by atomic mass is 10.0.